The summed E-state index contributed by atoms with van der Waals surface area (Å²) in [5.74, 6) is 0.345. The quantitative estimate of drug-likeness (QED) is 0.751. The number of allylic oxidation sites excluding steroid dienone is 2. The van der Waals surface area contributed by atoms with Crippen molar-refractivity contribution in [3.63, 3.8) is 0 Å². The van der Waals surface area contributed by atoms with Crippen LogP contribution in [0.4, 0.5) is 0 Å². The van der Waals surface area contributed by atoms with Crippen LogP contribution in [0.2, 0.25) is 0 Å². The van der Waals surface area contributed by atoms with Gasteiger partial charge in [0.1, 0.15) is 0 Å². The Morgan fingerprint density at radius 2 is 1.94 bits per heavy atom. The van der Waals surface area contributed by atoms with Gasteiger partial charge in [-0.3, -0.25) is 4.79 Å². The van der Waals surface area contributed by atoms with Crippen molar-refractivity contribution in [1.29, 1.82) is 0 Å². The molecule has 0 amide bonds. The zero-order chi connectivity index (χ0) is 11.7. The lowest BCUT2D eigenvalue weighted by Gasteiger charge is -2.36. The maximum absolute atomic E-state index is 11.7. The first kappa shape index (κ1) is 10.8. The lowest BCUT2D eigenvalue weighted by Crippen LogP contribution is -2.27. The Bertz CT molecular complexity index is 458. The Labute approximate surface area is 103 Å². The largest absolute Gasteiger partial charge is 0.295 e. The third-order valence-corrected chi connectivity index (χ3v) is 4.27. The Kier molecular flexibility index (Phi) is 2.62. The molecular weight excluding hydrogens is 208 g/mol. The second kappa shape index (κ2) is 4.14. The van der Waals surface area contributed by atoms with Crippen molar-refractivity contribution in [2.24, 2.45) is 5.41 Å². The monoisotopic (exact) mass is 226 g/mol. The van der Waals surface area contributed by atoms with E-state index in [1.54, 1.807) is 0 Å². The molecule has 0 N–H and O–H groups in total. The third-order valence-electron chi connectivity index (χ3n) is 4.27. The van der Waals surface area contributed by atoms with Crippen LogP contribution in [0.1, 0.15) is 37.7 Å². The van der Waals surface area contributed by atoms with E-state index in [0.717, 1.165) is 19.3 Å². The van der Waals surface area contributed by atoms with E-state index in [1.165, 1.54) is 30.4 Å². The van der Waals surface area contributed by atoms with Crippen molar-refractivity contribution in [2.45, 2.75) is 38.5 Å². The van der Waals surface area contributed by atoms with Crippen molar-refractivity contribution in [2.75, 3.05) is 0 Å². The Morgan fingerprint density at radius 1 is 1.12 bits per heavy atom. The van der Waals surface area contributed by atoms with Gasteiger partial charge in [-0.15, -0.1) is 0 Å². The number of benzene rings is 1. The van der Waals surface area contributed by atoms with E-state index in [1.807, 2.05) is 6.08 Å². The minimum Gasteiger partial charge on any atom is -0.295 e. The second-order valence-corrected chi connectivity index (χ2v) is 5.46. The number of ketones is 1. The van der Waals surface area contributed by atoms with Gasteiger partial charge < -0.3 is 0 Å². The summed E-state index contributed by atoms with van der Waals surface area (Å²) in [5, 5.41) is 0. The van der Waals surface area contributed by atoms with Crippen LogP contribution in [0.15, 0.2) is 42.0 Å². The van der Waals surface area contributed by atoms with Gasteiger partial charge in [0.05, 0.1) is 0 Å². The van der Waals surface area contributed by atoms with E-state index in [2.05, 4.69) is 30.3 Å². The molecule has 88 valence electrons. The molecule has 1 aromatic carbocycles. The van der Waals surface area contributed by atoms with Crippen LogP contribution in [-0.4, -0.2) is 5.78 Å². The fourth-order valence-corrected chi connectivity index (χ4v) is 3.46. The Balaban J connectivity index is 1.89. The predicted octanol–water partition coefficient (Wildman–Crippen LogP) is 3.69. The number of rotatable bonds is 2. The van der Waals surface area contributed by atoms with E-state index < -0.39 is 0 Å². The summed E-state index contributed by atoms with van der Waals surface area (Å²) in [6.45, 7) is 0. The molecule has 1 saturated carbocycles. The first-order valence-corrected chi connectivity index (χ1v) is 6.56. The van der Waals surface area contributed by atoms with Gasteiger partial charge in [-0.05, 0) is 37.3 Å². The van der Waals surface area contributed by atoms with Gasteiger partial charge in [0.25, 0.3) is 0 Å². The third kappa shape index (κ3) is 1.95. The van der Waals surface area contributed by atoms with E-state index >= 15 is 0 Å². The van der Waals surface area contributed by atoms with Gasteiger partial charge in [0.2, 0.25) is 0 Å². The molecule has 2 aliphatic carbocycles. The SMILES string of the molecule is O=C1C=C2CCCC[C@]2(Cc2ccccc2)C1. The van der Waals surface area contributed by atoms with Crippen molar-refractivity contribution < 1.29 is 4.79 Å². The number of hydrogen-bond acceptors (Lipinski definition) is 1. The number of fused-ring (bicyclic) bond motifs is 1. The molecule has 2 aliphatic rings. The lowest BCUT2D eigenvalue weighted by molar-refractivity contribution is -0.115. The van der Waals surface area contributed by atoms with Crippen LogP contribution < -0.4 is 0 Å². The van der Waals surface area contributed by atoms with Gasteiger partial charge in [0.15, 0.2) is 5.78 Å². The first-order chi connectivity index (χ1) is 8.28. The molecule has 0 spiro atoms. The molecule has 0 aromatic heterocycles. The standard InChI is InChI=1S/C16H18O/c17-15-10-14-8-4-5-9-16(14,12-15)11-13-6-2-1-3-7-13/h1-3,6-7,10H,4-5,8-9,11-12H2/t16-/m0/s1. The Morgan fingerprint density at radius 3 is 2.76 bits per heavy atom. The molecule has 0 bridgehead atoms. The highest BCUT2D eigenvalue weighted by atomic mass is 16.1. The van der Waals surface area contributed by atoms with Crippen molar-refractivity contribution in [3.05, 3.63) is 47.5 Å². The van der Waals surface area contributed by atoms with Crippen LogP contribution in [-0.2, 0) is 11.2 Å². The number of carbonyl (C=O) groups is 1. The van der Waals surface area contributed by atoms with Gasteiger partial charge >= 0.3 is 0 Å². The molecular formula is C16H18O. The highest BCUT2D eigenvalue weighted by molar-refractivity contribution is 5.94. The predicted molar refractivity (Wildman–Crippen MR) is 68.8 cm³/mol. The molecule has 17 heavy (non-hydrogen) atoms. The summed E-state index contributed by atoms with van der Waals surface area (Å²) in [7, 11) is 0. The molecule has 0 aliphatic heterocycles. The smallest absolute Gasteiger partial charge is 0.156 e. The minimum atomic E-state index is 0.177. The van der Waals surface area contributed by atoms with Crippen LogP contribution in [0.25, 0.3) is 0 Å². The van der Waals surface area contributed by atoms with E-state index in [-0.39, 0.29) is 5.41 Å². The van der Waals surface area contributed by atoms with Crippen molar-refractivity contribution in [3.8, 4) is 0 Å². The molecule has 3 rings (SSSR count). The van der Waals surface area contributed by atoms with Gasteiger partial charge in [-0.1, -0.05) is 42.3 Å². The van der Waals surface area contributed by atoms with Crippen LogP contribution in [0.3, 0.4) is 0 Å². The molecule has 1 aromatic rings. The Hall–Kier alpha value is -1.37. The molecule has 1 heteroatoms. The summed E-state index contributed by atoms with van der Waals surface area (Å²) in [5.41, 5.74) is 2.98. The normalized spacial score (nSPS) is 27.8. The van der Waals surface area contributed by atoms with Crippen LogP contribution >= 0.6 is 0 Å². The van der Waals surface area contributed by atoms with Gasteiger partial charge in [-0.25, -0.2) is 0 Å². The van der Waals surface area contributed by atoms with Crippen molar-refractivity contribution >= 4 is 5.78 Å². The molecule has 0 radical (unpaired) electrons. The molecule has 1 atom stereocenters. The van der Waals surface area contributed by atoms with E-state index in [0.29, 0.717) is 5.78 Å². The van der Waals surface area contributed by atoms with Crippen LogP contribution in [0.5, 0.6) is 0 Å². The molecule has 1 nitrogen and oxygen atoms in total. The zero-order valence-electron chi connectivity index (χ0n) is 10.1. The average Bonchev–Trinajstić information content (AvgIpc) is 2.66. The topological polar surface area (TPSA) is 17.1 Å². The van der Waals surface area contributed by atoms with Gasteiger partial charge in [-0.2, -0.15) is 0 Å². The molecule has 0 heterocycles. The summed E-state index contributed by atoms with van der Waals surface area (Å²) in [6.07, 6.45) is 8.59. The van der Waals surface area contributed by atoms with Gasteiger partial charge in [0, 0.05) is 11.8 Å². The number of hydrogen-bond donors (Lipinski definition) is 0. The summed E-state index contributed by atoms with van der Waals surface area (Å²) in [4.78, 5) is 11.7. The molecule has 1 fully saturated rings. The fourth-order valence-electron chi connectivity index (χ4n) is 3.46. The van der Waals surface area contributed by atoms with E-state index in [4.69, 9.17) is 0 Å². The minimum absolute atomic E-state index is 0.177. The first-order valence-electron chi connectivity index (χ1n) is 6.56. The maximum Gasteiger partial charge on any atom is 0.156 e. The summed E-state index contributed by atoms with van der Waals surface area (Å²) < 4.78 is 0. The lowest BCUT2D eigenvalue weighted by atomic mass is 9.68. The zero-order valence-corrected chi connectivity index (χ0v) is 10.1. The summed E-state index contributed by atoms with van der Waals surface area (Å²) in [6, 6.07) is 10.6. The average molecular weight is 226 g/mol. The van der Waals surface area contributed by atoms with E-state index in [9.17, 15) is 4.79 Å². The maximum atomic E-state index is 11.7. The molecule has 0 unspecified atom stereocenters. The van der Waals surface area contributed by atoms with Crippen molar-refractivity contribution in [1.82, 2.24) is 0 Å². The molecule has 0 saturated heterocycles. The highest BCUT2D eigenvalue weighted by Gasteiger charge is 2.41. The highest BCUT2D eigenvalue weighted by Crippen LogP contribution is 2.49. The van der Waals surface area contributed by atoms with Crippen LogP contribution in [0, 0.1) is 5.41 Å². The fraction of sp³-hybridized carbons (Fsp3) is 0.438. The summed E-state index contributed by atoms with van der Waals surface area (Å²) >= 11 is 0. The second-order valence-electron chi connectivity index (χ2n) is 5.46. The number of carbonyl (C=O) groups excluding carboxylic acids is 1.